The van der Waals surface area contributed by atoms with Gasteiger partial charge in [-0.2, -0.15) is 0 Å². The second-order valence-corrected chi connectivity index (χ2v) is 4.03. The Morgan fingerprint density at radius 2 is 1.67 bits per heavy atom. The van der Waals surface area contributed by atoms with E-state index in [9.17, 15) is 4.79 Å². The number of hydrogen-bond donors (Lipinski definition) is 2. The summed E-state index contributed by atoms with van der Waals surface area (Å²) < 4.78 is 0. The highest BCUT2D eigenvalue weighted by atomic mass is 16.3. The third-order valence-electron chi connectivity index (χ3n) is 2.67. The van der Waals surface area contributed by atoms with Gasteiger partial charge in [-0.25, -0.2) is 0 Å². The maximum Gasteiger partial charge on any atom is 0.250 e. The molecule has 0 aliphatic heterocycles. The first-order chi connectivity index (χ1) is 8.79. The standard InChI is InChI=1S/C15H15NO2/c17-11-15(18)16-14-9-5-4-8-13(14)10-12-6-2-1-3-7-12/h1-9,17H,10-11H2,(H,16,18). The molecule has 0 aromatic heterocycles. The first kappa shape index (κ1) is 12.3. The molecule has 0 fully saturated rings. The van der Waals surface area contributed by atoms with Crippen molar-refractivity contribution in [3.05, 3.63) is 65.7 Å². The van der Waals surface area contributed by atoms with E-state index in [4.69, 9.17) is 5.11 Å². The smallest absolute Gasteiger partial charge is 0.250 e. The van der Waals surface area contributed by atoms with Gasteiger partial charge >= 0.3 is 0 Å². The SMILES string of the molecule is O=C(CO)Nc1ccccc1Cc1ccccc1. The van der Waals surface area contributed by atoms with E-state index in [0.717, 1.165) is 17.7 Å². The number of benzene rings is 2. The number of rotatable bonds is 4. The van der Waals surface area contributed by atoms with E-state index in [0.29, 0.717) is 0 Å². The van der Waals surface area contributed by atoms with Gasteiger partial charge in [-0.05, 0) is 23.6 Å². The number of carbonyl (C=O) groups is 1. The van der Waals surface area contributed by atoms with Crippen molar-refractivity contribution in [2.24, 2.45) is 0 Å². The molecule has 3 nitrogen and oxygen atoms in total. The van der Waals surface area contributed by atoms with Crippen LogP contribution in [-0.4, -0.2) is 17.6 Å². The van der Waals surface area contributed by atoms with E-state index in [-0.39, 0.29) is 0 Å². The Bertz CT molecular complexity index is 523. The van der Waals surface area contributed by atoms with E-state index in [1.54, 1.807) is 0 Å². The van der Waals surface area contributed by atoms with Crippen LogP contribution in [0.2, 0.25) is 0 Å². The Morgan fingerprint density at radius 3 is 2.39 bits per heavy atom. The monoisotopic (exact) mass is 241 g/mol. The summed E-state index contributed by atoms with van der Waals surface area (Å²) >= 11 is 0. The third-order valence-corrected chi connectivity index (χ3v) is 2.67. The fourth-order valence-corrected chi connectivity index (χ4v) is 1.80. The normalized spacial score (nSPS) is 10.1. The molecule has 2 N–H and O–H groups in total. The van der Waals surface area contributed by atoms with Crippen molar-refractivity contribution in [1.29, 1.82) is 0 Å². The van der Waals surface area contributed by atoms with Gasteiger partial charge in [0.25, 0.3) is 0 Å². The van der Waals surface area contributed by atoms with E-state index in [2.05, 4.69) is 5.32 Å². The van der Waals surface area contributed by atoms with E-state index in [1.165, 1.54) is 5.56 Å². The number of carbonyl (C=O) groups excluding carboxylic acids is 1. The molecule has 0 aliphatic rings. The van der Waals surface area contributed by atoms with Crippen molar-refractivity contribution in [3.63, 3.8) is 0 Å². The topological polar surface area (TPSA) is 49.3 Å². The molecular formula is C15H15NO2. The molecular weight excluding hydrogens is 226 g/mol. The van der Waals surface area contributed by atoms with Crippen LogP contribution >= 0.6 is 0 Å². The van der Waals surface area contributed by atoms with Crippen LogP contribution in [0.1, 0.15) is 11.1 Å². The van der Waals surface area contributed by atoms with Crippen molar-refractivity contribution < 1.29 is 9.90 Å². The van der Waals surface area contributed by atoms with Gasteiger partial charge in [-0.1, -0.05) is 48.5 Å². The summed E-state index contributed by atoms with van der Waals surface area (Å²) in [7, 11) is 0. The number of aliphatic hydroxyl groups is 1. The lowest BCUT2D eigenvalue weighted by Gasteiger charge is -2.10. The molecule has 92 valence electrons. The average molecular weight is 241 g/mol. The molecule has 0 bridgehead atoms. The Morgan fingerprint density at radius 1 is 1.00 bits per heavy atom. The van der Waals surface area contributed by atoms with Gasteiger partial charge in [-0.3, -0.25) is 4.79 Å². The number of hydrogen-bond acceptors (Lipinski definition) is 2. The molecule has 0 aliphatic carbocycles. The predicted molar refractivity (Wildman–Crippen MR) is 71.4 cm³/mol. The van der Waals surface area contributed by atoms with Crippen LogP contribution in [0.5, 0.6) is 0 Å². The van der Waals surface area contributed by atoms with E-state index in [1.807, 2.05) is 54.6 Å². The molecule has 0 saturated heterocycles. The molecule has 0 spiro atoms. The zero-order chi connectivity index (χ0) is 12.8. The molecule has 2 aromatic rings. The van der Waals surface area contributed by atoms with Crippen LogP contribution in [-0.2, 0) is 11.2 Å². The van der Waals surface area contributed by atoms with Crippen molar-refractivity contribution in [2.45, 2.75) is 6.42 Å². The number of nitrogens with one attached hydrogen (secondary N) is 1. The molecule has 0 heterocycles. The first-order valence-corrected chi connectivity index (χ1v) is 5.82. The van der Waals surface area contributed by atoms with Gasteiger partial charge in [-0.15, -0.1) is 0 Å². The number of amides is 1. The minimum atomic E-state index is -0.500. The van der Waals surface area contributed by atoms with E-state index < -0.39 is 12.5 Å². The van der Waals surface area contributed by atoms with Crippen molar-refractivity contribution in [3.8, 4) is 0 Å². The third kappa shape index (κ3) is 3.18. The average Bonchev–Trinajstić information content (AvgIpc) is 2.42. The quantitative estimate of drug-likeness (QED) is 0.862. The van der Waals surface area contributed by atoms with Gasteiger partial charge in [0, 0.05) is 5.69 Å². The highest BCUT2D eigenvalue weighted by Crippen LogP contribution is 2.18. The summed E-state index contributed by atoms with van der Waals surface area (Å²) in [5.74, 6) is -0.393. The molecule has 0 radical (unpaired) electrons. The molecule has 1 amide bonds. The summed E-state index contributed by atoms with van der Waals surface area (Å²) in [6.07, 6.45) is 0.753. The molecule has 2 aromatic carbocycles. The van der Waals surface area contributed by atoms with Crippen LogP contribution in [0.4, 0.5) is 5.69 Å². The lowest BCUT2D eigenvalue weighted by Crippen LogP contribution is -2.16. The molecule has 0 saturated carbocycles. The molecule has 0 unspecified atom stereocenters. The lowest BCUT2D eigenvalue weighted by molar-refractivity contribution is -0.118. The van der Waals surface area contributed by atoms with Gasteiger partial charge in [0.15, 0.2) is 0 Å². The second kappa shape index (κ2) is 5.98. The fraction of sp³-hybridized carbons (Fsp3) is 0.133. The molecule has 3 heteroatoms. The zero-order valence-electron chi connectivity index (χ0n) is 9.97. The minimum Gasteiger partial charge on any atom is -0.387 e. The number of aliphatic hydroxyl groups excluding tert-OH is 1. The van der Waals surface area contributed by atoms with Crippen LogP contribution in [0.3, 0.4) is 0 Å². The number of anilines is 1. The summed E-state index contributed by atoms with van der Waals surface area (Å²) in [6.45, 7) is -0.500. The molecule has 0 atom stereocenters. The predicted octanol–water partition coefficient (Wildman–Crippen LogP) is 2.21. The highest BCUT2D eigenvalue weighted by Gasteiger charge is 2.05. The maximum atomic E-state index is 11.2. The Balaban J connectivity index is 2.20. The summed E-state index contributed by atoms with van der Waals surface area (Å²) in [6, 6.07) is 17.7. The van der Waals surface area contributed by atoms with Crippen molar-refractivity contribution in [1.82, 2.24) is 0 Å². The zero-order valence-corrected chi connectivity index (χ0v) is 9.97. The Labute approximate surface area is 106 Å². The summed E-state index contributed by atoms with van der Waals surface area (Å²) in [4.78, 5) is 11.2. The Kier molecular flexibility index (Phi) is 4.10. The minimum absolute atomic E-state index is 0.393. The maximum absolute atomic E-state index is 11.2. The Hall–Kier alpha value is -2.13. The fourth-order valence-electron chi connectivity index (χ4n) is 1.80. The van der Waals surface area contributed by atoms with Gasteiger partial charge < -0.3 is 10.4 Å². The van der Waals surface area contributed by atoms with Gasteiger partial charge in [0.1, 0.15) is 6.61 Å². The largest absolute Gasteiger partial charge is 0.387 e. The van der Waals surface area contributed by atoms with Crippen LogP contribution in [0.15, 0.2) is 54.6 Å². The highest BCUT2D eigenvalue weighted by molar-refractivity contribution is 5.92. The summed E-state index contributed by atoms with van der Waals surface area (Å²) in [5, 5.41) is 11.5. The molecule has 2 rings (SSSR count). The van der Waals surface area contributed by atoms with Crippen LogP contribution < -0.4 is 5.32 Å². The first-order valence-electron chi connectivity index (χ1n) is 5.82. The van der Waals surface area contributed by atoms with Gasteiger partial charge in [0.2, 0.25) is 5.91 Å². The van der Waals surface area contributed by atoms with Crippen LogP contribution in [0, 0.1) is 0 Å². The van der Waals surface area contributed by atoms with Crippen molar-refractivity contribution >= 4 is 11.6 Å². The lowest BCUT2D eigenvalue weighted by atomic mass is 10.0. The number of para-hydroxylation sites is 1. The summed E-state index contributed by atoms with van der Waals surface area (Å²) in [5.41, 5.74) is 2.97. The molecule has 18 heavy (non-hydrogen) atoms. The van der Waals surface area contributed by atoms with E-state index >= 15 is 0 Å². The van der Waals surface area contributed by atoms with Crippen molar-refractivity contribution in [2.75, 3.05) is 11.9 Å². The van der Waals surface area contributed by atoms with Gasteiger partial charge in [0.05, 0.1) is 0 Å². The van der Waals surface area contributed by atoms with Crippen LogP contribution in [0.25, 0.3) is 0 Å². The second-order valence-electron chi connectivity index (χ2n) is 4.03.